The molecule has 4 aliphatic heterocycles. The third kappa shape index (κ3) is 4.86. The monoisotopic (exact) mass is 617 g/mol. The summed E-state index contributed by atoms with van der Waals surface area (Å²) >= 11 is 1.59. The number of hydrogen-bond donors (Lipinski definition) is 2. The van der Waals surface area contributed by atoms with E-state index in [1.165, 1.54) is 0 Å². The van der Waals surface area contributed by atoms with Gasteiger partial charge in [0.15, 0.2) is 17.6 Å². The van der Waals surface area contributed by atoms with E-state index in [0.717, 1.165) is 24.2 Å². The number of nitrogens with one attached hydrogen (secondary N) is 2. The van der Waals surface area contributed by atoms with Gasteiger partial charge in [-0.25, -0.2) is 0 Å². The molecule has 1 aliphatic carbocycles. The highest BCUT2D eigenvalue weighted by atomic mass is 32.2. The maximum Gasteiger partial charge on any atom is 0.246 e. The van der Waals surface area contributed by atoms with Crippen LogP contribution in [0.25, 0.3) is 0 Å². The number of benzene rings is 2. The average Bonchev–Trinajstić information content (AvgIpc) is 3.67. The summed E-state index contributed by atoms with van der Waals surface area (Å²) in [5.41, 5.74) is -0.586. The van der Waals surface area contributed by atoms with Crippen LogP contribution in [0.2, 0.25) is 0 Å². The maximum atomic E-state index is 14.4. The Morgan fingerprint density at radius 3 is 2.70 bits per heavy atom. The van der Waals surface area contributed by atoms with E-state index in [9.17, 15) is 14.4 Å². The molecule has 0 radical (unpaired) electrons. The van der Waals surface area contributed by atoms with Crippen LogP contribution in [0.15, 0.2) is 65.6 Å². The fraction of sp³-hybridized carbons (Fsp3) is 0.500. The van der Waals surface area contributed by atoms with Gasteiger partial charge in [0.25, 0.3) is 0 Å². The summed E-state index contributed by atoms with van der Waals surface area (Å²) in [6.45, 7) is 4.77. The highest BCUT2D eigenvalue weighted by molar-refractivity contribution is 7.98. The summed E-state index contributed by atoms with van der Waals surface area (Å²) in [4.78, 5) is 45.2. The number of amides is 3. The molecule has 0 unspecified atom stereocenters. The number of likely N-dealkylation sites (tertiary alicyclic amines) is 1. The van der Waals surface area contributed by atoms with Crippen molar-refractivity contribution in [2.75, 3.05) is 24.7 Å². The lowest BCUT2D eigenvalue weighted by atomic mass is 9.73. The molecular formula is C34H39N3O6S. The van der Waals surface area contributed by atoms with E-state index in [-0.39, 0.29) is 36.9 Å². The highest BCUT2D eigenvalue weighted by Crippen LogP contribution is 2.55. The van der Waals surface area contributed by atoms with Crippen LogP contribution >= 0.6 is 11.8 Å². The van der Waals surface area contributed by atoms with Crippen LogP contribution in [0.1, 0.15) is 33.1 Å². The molecule has 5 aliphatic rings. The Bertz CT molecular complexity index is 1500. The second kappa shape index (κ2) is 11.5. The summed E-state index contributed by atoms with van der Waals surface area (Å²) in [5, 5.41) is 6.33. The smallest absolute Gasteiger partial charge is 0.246 e. The van der Waals surface area contributed by atoms with Crippen LogP contribution in [0.5, 0.6) is 11.5 Å². The molecule has 1 spiro atoms. The first-order chi connectivity index (χ1) is 21.3. The molecule has 3 amide bonds. The fourth-order valence-corrected chi connectivity index (χ4v) is 8.27. The zero-order chi connectivity index (χ0) is 30.6. The van der Waals surface area contributed by atoms with Gasteiger partial charge in [-0.2, -0.15) is 0 Å². The van der Waals surface area contributed by atoms with Gasteiger partial charge in [0.05, 0.1) is 24.5 Å². The molecule has 2 aromatic carbocycles. The van der Waals surface area contributed by atoms with Crippen LogP contribution in [0.3, 0.4) is 0 Å². The highest BCUT2D eigenvalue weighted by Gasteiger charge is 2.73. The van der Waals surface area contributed by atoms with Crippen molar-refractivity contribution in [2.45, 2.75) is 67.9 Å². The van der Waals surface area contributed by atoms with Crippen molar-refractivity contribution in [3.8, 4) is 11.5 Å². The van der Waals surface area contributed by atoms with Gasteiger partial charge in [0.2, 0.25) is 17.7 Å². The third-order valence-electron chi connectivity index (χ3n) is 10.3. The fourth-order valence-electron chi connectivity index (χ4n) is 7.81. The molecule has 2 aromatic rings. The number of thioether (sulfide) groups is 1. The number of carbonyl (C=O) groups is 3. The van der Waals surface area contributed by atoms with E-state index in [1.54, 1.807) is 16.7 Å². The summed E-state index contributed by atoms with van der Waals surface area (Å²) in [6.07, 6.45) is 7.66. The Hall–Kier alpha value is -3.50. The van der Waals surface area contributed by atoms with Crippen LogP contribution in [0, 0.1) is 23.7 Å². The van der Waals surface area contributed by atoms with Crippen molar-refractivity contribution in [2.24, 2.45) is 23.7 Å². The van der Waals surface area contributed by atoms with Crippen molar-refractivity contribution in [3.63, 3.8) is 0 Å². The van der Waals surface area contributed by atoms with Gasteiger partial charge in [-0.15, -0.1) is 11.8 Å². The Morgan fingerprint density at radius 2 is 1.89 bits per heavy atom. The number of ether oxygens (including phenoxy) is 3. The zero-order valence-electron chi connectivity index (χ0n) is 25.2. The zero-order valence-corrected chi connectivity index (χ0v) is 26.0. The second-order valence-corrected chi connectivity index (χ2v) is 13.7. The molecular weight excluding hydrogens is 578 g/mol. The minimum atomic E-state index is -1.24. The lowest BCUT2D eigenvalue weighted by molar-refractivity contribution is -0.143. The number of fused-ring (bicyclic) bond motifs is 2. The number of rotatable bonds is 7. The Kier molecular flexibility index (Phi) is 7.61. The molecule has 3 fully saturated rings. The van der Waals surface area contributed by atoms with Crippen molar-refractivity contribution in [1.82, 2.24) is 10.2 Å². The standard InChI is InChI=1S/C34H39N3O6S/c1-19-8-6-11-24(20(19)2)36-32(39)30-34-15-14-27(43-34)28(31(38)35-21-9-7-10-23(16-21)44-3)29(34)33(40)37(30)17-22-18-41-25-12-4-5-13-26(25)42-22/h4-5,7,9-10,12-16,19-20,22,24,27-30H,6,8,11,17-18H2,1-3H3,(H,35,38)(H,36,39)/t19-,20-,22-,24-,27-,28+,29-,30-,34-/m1/s1. The first-order valence-electron chi connectivity index (χ1n) is 15.6. The molecule has 10 heteroatoms. The Labute approximate surface area is 262 Å². The summed E-state index contributed by atoms with van der Waals surface area (Å²) in [5.74, 6) is -0.379. The number of hydrogen-bond acceptors (Lipinski definition) is 7. The summed E-state index contributed by atoms with van der Waals surface area (Å²) < 4.78 is 18.7. The van der Waals surface area contributed by atoms with E-state index in [1.807, 2.05) is 66.9 Å². The normalized spacial score (nSPS) is 35.0. The van der Waals surface area contributed by atoms with Crippen LogP contribution in [-0.4, -0.2) is 71.9 Å². The predicted octanol–water partition coefficient (Wildman–Crippen LogP) is 4.28. The Morgan fingerprint density at radius 1 is 1.07 bits per heavy atom. The van der Waals surface area contributed by atoms with E-state index in [2.05, 4.69) is 24.5 Å². The van der Waals surface area contributed by atoms with Crippen molar-refractivity contribution < 1.29 is 28.6 Å². The Balaban J connectivity index is 1.19. The van der Waals surface area contributed by atoms with Gasteiger partial charge < -0.3 is 29.7 Å². The topological polar surface area (TPSA) is 106 Å². The maximum absolute atomic E-state index is 14.4. The van der Waals surface area contributed by atoms with Crippen molar-refractivity contribution in [3.05, 3.63) is 60.7 Å². The van der Waals surface area contributed by atoms with Crippen molar-refractivity contribution >= 4 is 35.2 Å². The van der Waals surface area contributed by atoms with Crippen LogP contribution in [-0.2, 0) is 19.1 Å². The number of carbonyl (C=O) groups excluding carboxylic acids is 3. The lowest BCUT2D eigenvalue weighted by Crippen LogP contribution is -2.59. The van der Waals surface area contributed by atoms with Crippen LogP contribution in [0.4, 0.5) is 5.69 Å². The second-order valence-electron chi connectivity index (χ2n) is 12.8. The minimum Gasteiger partial charge on any atom is -0.486 e. The van der Waals surface area contributed by atoms with E-state index < -0.39 is 35.7 Å². The molecule has 44 heavy (non-hydrogen) atoms. The molecule has 2 N–H and O–H groups in total. The molecule has 9 nitrogen and oxygen atoms in total. The lowest BCUT2D eigenvalue weighted by Gasteiger charge is -2.38. The predicted molar refractivity (Wildman–Crippen MR) is 167 cm³/mol. The number of anilines is 1. The molecule has 2 saturated heterocycles. The molecule has 0 aromatic heterocycles. The minimum absolute atomic E-state index is 0.00480. The van der Waals surface area contributed by atoms with E-state index in [4.69, 9.17) is 14.2 Å². The first-order valence-corrected chi connectivity index (χ1v) is 16.8. The number of para-hydroxylation sites is 2. The SMILES string of the molecule is CSc1cccc(NC(=O)[C@H]2[C@H]3C=C[C@@]4(O3)[C@H]2C(=O)N(C[C@@H]2COc3ccccc3O2)[C@@H]4C(=O)N[C@@H]2CCC[C@@H](C)[C@H]2C)c1. The van der Waals surface area contributed by atoms with Crippen LogP contribution < -0.4 is 20.1 Å². The summed E-state index contributed by atoms with van der Waals surface area (Å²) in [6, 6.07) is 14.1. The molecule has 1 saturated carbocycles. The van der Waals surface area contributed by atoms with Gasteiger partial charge >= 0.3 is 0 Å². The molecule has 4 heterocycles. The van der Waals surface area contributed by atoms with Gasteiger partial charge in [0, 0.05) is 16.6 Å². The summed E-state index contributed by atoms with van der Waals surface area (Å²) in [7, 11) is 0. The molecule has 232 valence electrons. The van der Waals surface area contributed by atoms with E-state index in [0.29, 0.717) is 29.0 Å². The molecule has 7 rings (SSSR count). The van der Waals surface area contributed by atoms with E-state index >= 15 is 0 Å². The van der Waals surface area contributed by atoms with Gasteiger partial charge in [-0.1, -0.05) is 57.0 Å². The van der Waals surface area contributed by atoms with Crippen molar-refractivity contribution in [1.29, 1.82) is 0 Å². The largest absolute Gasteiger partial charge is 0.486 e. The third-order valence-corrected chi connectivity index (χ3v) is 11.0. The van der Waals surface area contributed by atoms with Gasteiger partial charge in [-0.05, 0) is 54.8 Å². The van der Waals surface area contributed by atoms with Gasteiger partial charge in [-0.3, -0.25) is 14.4 Å². The molecule has 2 bridgehead atoms. The average molecular weight is 618 g/mol. The first kappa shape index (κ1) is 29.2. The number of nitrogens with zero attached hydrogens (tertiary/aromatic N) is 1. The molecule has 9 atom stereocenters. The van der Waals surface area contributed by atoms with Gasteiger partial charge in [0.1, 0.15) is 18.2 Å². The quantitative estimate of drug-likeness (QED) is 0.353.